The minimum absolute atomic E-state index is 1.25. The van der Waals surface area contributed by atoms with Gasteiger partial charge in [0.25, 0.3) is 0 Å². The smallest absolute Gasteiger partial charge is 0.00188 e. The first-order valence-electron chi connectivity index (χ1n) is 4.66. The van der Waals surface area contributed by atoms with Gasteiger partial charge in [0.05, 0.1) is 0 Å². The average molecular weight is 143 g/mol. The fourth-order valence-electron chi connectivity index (χ4n) is 1.28. The van der Waals surface area contributed by atoms with E-state index in [4.69, 9.17) is 0 Å². The lowest BCUT2D eigenvalue weighted by atomic mass is 10.1. The molecule has 0 aromatic carbocycles. The van der Waals surface area contributed by atoms with Crippen LogP contribution in [0.25, 0.3) is 0 Å². The number of hydrogen-bond acceptors (Lipinski definition) is 1. The molecule has 0 N–H and O–H groups in total. The van der Waals surface area contributed by atoms with Crippen molar-refractivity contribution in [2.45, 2.75) is 40.0 Å². The molecule has 1 aliphatic rings. The molecular formula is C9H21N. The van der Waals surface area contributed by atoms with Crippen LogP contribution < -0.4 is 0 Å². The first-order chi connectivity index (χ1) is 4.93. The molecule has 0 atom stereocenters. The van der Waals surface area contributed by atoms with Crippen molar-refractivity contribution >= 4 is 0 Å². The molecule has 10 heavy (non-hydrogen) atoms. The molecule has 1 fully saturated rings. The first kappa shape index (κ1) is 9.96. The van der Waals surface area contributed by atoms with Gasteiger partial charge in [0.15, 0.2) is 0 Å². The van der Waals surface area contributed by atoms with E-state index < -0.39 is 0 Å². The number of hydrogen-bond donors (Lipinski definition) is 0. The first-order valence-corrected chi connectivity index (χ1v) is 4.66. The van der Waals surface area contributed by atoms with E-state index in [1.54, 1.807) is 0 Å². The molecule has 0 unspecified atom stereocenters. The molecule has 0 bridgehead atoms. The van der Waals surface area contributed by atoms with Crippen molar-refractivity contribution in [1.82, 2.24) is 4.90 Å². The third-order valence-electron chi connectivity index (χ3n) is 1.90. The Bertz CT molecular complexity index is 55.7. The molecule has 0 spiro atoms. The zero-order chi connectivity index (χ0) is 7.82. The summed E-state index contributed by atoms with van der Waals surface area (Å²) in [6.07, 6.45) is 4.30. The quantitative estimate of drug-likeness (QED) is 0.545. The van der Waals surface area contributed by atoms with Crippen molar-refractivity contribution in [3.63, 3.8) is 0 Å². The number of nitrogens with zero attached hydrogens (tertiary/aromatic N) is 1. The van der Waals surface area contributed by atoms with Crippen molar-refractivity contribution in [3.05, 3.63) is 0 Å². The Balaban J connectivity index is 0.000000371. The summed E-state index contributed by atoms with van der Waals surface area (Å²) in [5.41, 5.74) is 0. The van der Waals surface area contributed by atoms with E-state index in [0.717, 1.165) is 0 Å². The van der Waals surface area contributed by atoms with Crippen molar-refractivity contribution in [3.8, 4) is 0 Å². The van der Waals surface area contributed by atoms with Gasteiger partial charge in [-0.3, -0.25) is 0 Å². The van der Waals surface area contributed by atoms with E-state index in [0.29, 0.717) is 0 Å². The Morgan fingerprint density at radius 3 is 1.80 bits per heavy atom. The fourth-order valence-corrected chi connectivity index (χ4v) is 1.28. The summed E-state index contributed by atoms with van der Waals surface area (Å²) in [7, 11) is 0. The summed E-state index contributed by atoms with van der Waals surface area (Å²) in [4.78, 5) is 2.52. The van der Waals surface area contributed by atoms with Crippen LogP contribution in [0.1, 0.15) is 40.0 Å². The van der Waals surface area contributed by atoms with Crippen LogP contribution in [-0.4, -0.2) is 24.5 Å². The van der Waals surface area contributed by atoms with Gasteiger partial charge >= 0.3 is 0 Å². The van der Waals surface area contributed by atoms with Gasteiger partial charge in [0, 0.05) is 0 Å². The average Bonchev–Trinajstić information content (AvgIpc) is 2.10. The lowest BCUT2D eigenvalue weighted by Gasteiger charge is -2.24. The van der Waals surface area contributed by atoms with E-state index in [-0.39, 0.29) is 0 Å². The van der Waals surface area contributed by atoms with Gasteiger partial charge in [-0.2, -0.15) is 0 Å². The second-order valence-corrected chi connectivity index (χ2v) is 2.49. The predicted octanol–water partition coefficient (Wildman–Crippen LogP) is 2.52. The third-order valence-corrected chi connectivity index (χ3v) is 1.90. The molecule has 0 saturated carbocycles. The van der Waals surface area contributed by atoms with Crippen molar-refractivity contribution in [2.24, 2.45) is 0 Å². The number of likely N-dealkylation sites (tertiary alicyclic amines) is 1. The van der Waals surface area contributed by atoms with Gasteiger partial charge in [-0.05, 0) is 32.5 Å². The van der Waals surface area contributed by atoms with Gasteiger partial charge in [0.2, 0.25) is 0 Å². The highest BCUT2D eigenvalue weighted by Crippen LogP contribution is 2.06. The maximum absolute atomic E-state index is 2.52. The Kier molecular flexibility index (Phi) is 7.04. The highest BCUT2D eigenvalue weighted by Gasteiger charge is 2.05. The summed E-state index contributed by atoms with van der Waals surface area (Å²) >= 11 is 0. The fraction of sp³-hybridized carbons (Fsp3) is 1.00. The van der Waals surface area contributed by atoms with E-state index in [9.17, 15) is 0 Å². The molecular weight excluding hydrogens is 122 g/mol. The minimum atomic E-state index is 1.25. The highest BCUT2D eigenvalue weighted by atomic mass is 15.1. The third kappa shape index (κ3) is 3.89. The van der Waals surface area contributed by atoms with Crippen LogP contribution in [0, 0.1) is 0 Å². The Morgan fingerprint density at radius 1 is 1.00 bits per heavy atom. The normalized spacial score (nSPS) is 19.5. The van der Waals surface area contributed by atoms with Crippen LogP contribution in [0.5, 0.6) is 0 Å². The van der Waals surface area contributed by atoms with Crippen molar-refractivity contribution in [1.29, 1.82) is 0 Å². The van der Waals surface area contributed by atoms with E-state index in [1.165, 1.54) is 38.9 Å². The van der Waals surface area contributed by atoms with E-state index in [1.807, 2.05) is 13.8 Å². The van der Waals surface area contributed by atoms with Crippen LogP contribution >= 0.6 is 0 Å². The standard InChI is InChI=1S/C7H15N.C2H6/c1-2-8-6-4-3-5-7-8;1-2/h2-7H2,1H3;1-2H3. The van der Waals surface area contributed by atoms with Gasteiger partial charge < -0.3 is 4.90 Å². The second kappa shape index (κ2) is 7.07. The molecule has 0 aliphatic carbocycles. The summed E-state index contributed by atoms with van der Waals surface area (Å²) in [6, 6.07) is 0. The van der Waals surface area contributed by atoms with Crippen LogP contribution in [0.3, 0.4) is 0 Å². The summed E-state index contributed by atoms with van der Waals surface area (Å²) in [6.45, 7) is 10.2. The zero-order valence-electron chi connectivity index (χ0n) is 7.69. The van der Waals surface area contributed by atoms with Gasteiger partial charge in [-0.1, -0.05) is 27.2 Å². The van der Waals surface area contributed by atoms with E-state index >= 15 is 0 Å². The molecule has 0 aromatic rings. The van der Waals surface area contributed by atoms with Crippen molar-refractivity contribution < 1.29 is 0 Å². The Labute approximate surface area is 65.4 Å². The number of piperidine rings is 1. The molecule has 1 rings (SSSR count). The van der Waals surface area contributed by atoms with Gasteiger partial charge in [-0.15, -0.1) is 0 Å². The lowest BCUT2D eigenvalue weighted by molar-refractivity contribution is 0.240. The molecule has 1 heterocycles. The Hall–Kier alpha value is -0.0400. The predicted molar refractivity (Wildman–Crippen MR) is 47.3 cm³/mol. The van der Waals surface area contributed by atoms with Crippen LogP contribution in [0.2, 0.25) is 0 Å². The maximum Gasteiger partial charge on any atom is -0.00188 e. The van der Waals surface area contributed by atoms with E-state index in [2.05, 4.69) is 11.8 Å². The highest BCUT2D eigenvalue weighted by molar-refractivity contribution is 4.61. The molecule has 1 nitrogen and oxygen atoms in total. The molecule has 62 valence electrons. The summed E-state index contributed by atoms with van der Waals surface area (Å²) in [5, 5.41) is 0. The molecule has 0 radical (unpaired) electrons. The minimum Gasteiger partial charge on any atom is -0.304 e. The van der Waals surface area contributed by atoms with Crippen LogP contribution in [0.15, 0.2) is 0 Å². The van der Waals surface area contributed by atoms with Crippen LogP contribution in [-0.2, 0) is 0 Å². The Morgan fingerprint density at radius 2 is 1.50 bits per heavy atom. The summed E-state index contributed by atoms with van der Waals surface area (Å²) < 4.78 is 0. The molecule has 1 heteroatoms. The monoisotopic (exact) mass is 143 g/mol. The lowest BCUT2D eigenvalue weighted by Crippen LogP contribution is -2.29. The van der Waals surface area contributed by atoms with Crippen LogP contribution in [0.4, 0.5) is 0 Å². The van der Waals surface area contributed by atoms with Gasteiger partial charge in [-0.25, -0.2) is 0 Å². The largest absolute Gasteiger partial charge is 0.304 e. The van der Waals surface area contributed by atoms with Crippen molar-refractivity contribution in [2.75, 3.05) is 19.6 Å². The molecule has 1 aliphatic heterocycles. The molecule has 0 aromatic heterocycles. The topological polar surface area (TPSA) is 3.24 Å². The number of rotatable bonds is 1. The zero-order valence-corrected chi connectivity index (χ0v) is 7.69. The second-order valence-electron chi connectivity index (χ2n) is 2.49. The molecule has 1 saturated heterocycles. The maximum atomic E-state index is 2.52. The molecule has 0 amide bonds. The summed E-state index contributed by atoms with van der Waals surface area (Å²) in [5.74, 6) is 0. The SMILES string of the molecule is CC.CCN1CCCCC1. The van der Waals surface area contributed by atoms with Gasteiger partial charge in [0.1, 0.15) is 0 Å².